The Morgan fingerprint density at radius 2 is 1.78 bits per heavy atom. The molecule has 0 spiro atoms. The van der Waals surface area contributed by atoms with Crippen molar-refractivity contribution >= 4 is 17.5 Å². The lowest BCUT2D eigenvalue weighted by atomic mass is 9.93. The van der Waals surface area contributed by atoms with Gasteiger partial charge in [-0.15, -0.1) is 0 Å². The molecule has 1 atom stereocenters. The average molecular weight is 366 g/mol. The van der Waals surface area contributed by atoms with Crippen LogP contribution in [-0.2, 0) is 29.1 Å². The highest BCUT2D eigenvalue weighted by Crippen LogP contribution is 2.22. The zero-order valence-electron chi connectivity index (χ0n) is 15.8. The molecule has 6 nitrogen and oxygen atoms in total. The van der Waals surface area contributed by atoms with Gasteiger partial charge in [0.1, 0.15) is 0 Å². The number of benzene rings is 2. The number of carbonyl (C=O) groups is 2. The first kappa shape index (κ1) is 18.9. The maximum absolute atomic E-state index is 12.4. The Hall–Kier alpha value is -2.86. The Balaban J connectivity index is 1.60. The fourth-order valence-corrected chi connectivity index (χ4v) is 3.38. The molecule has 2 aromatic carbocycles. The number of nitrogens with two attached hydrogens (primary N) is 1. The van der Waals surface area contributed by atoms with Gasteiger partial charge >= 0.3 is 0 Å². The summed E-state index contributed by atoms with van der Waals surface area (Å²) in [6.45, 7) is 1.16. The number of anilines is 1. The maximum atomic E-state index is 12.4. The van der Waals surface area contributed by atoms with E-state index in [-0.39, 0.29) is 12.5 Å². The third kappa shape index (κ3) is 4.65. The van der Waals surface area contributed by atoms with Gasteiger partial charge in [-0.05, 0) is 35.2 Å². The minimum absolute atomic E-state index is 0.114. The molecule has 0 saturated carbocycles. The molecule has 0 radical (unpaired) electrons. The van der Waals surface area contributed by atoms with Gasteiger partial charge in [0, 0.05) is 32.9 Å². The molecule has 0 aromatic heterocycles. The van der Waals surface area contributed by atoms with Crippen molar-refractivity contribution in [2.75, 3.05) is 25.5 Å². The molecule has 0 aliphatic carbocycles. The van der Waals surface area contributed by atoms with Crippen molar-refractivity contribution in [2.45, 2.75) is 25.6 Å². The highest BCUT2D eigenvalue weighted by atomic mass is 16.2. The number of rotatable bonds is 6. The van der Waals surface area contributed by atoms with Crippen molar-refractivity contribution in [3.8, 4) is 0 Å². The molecule has 0 fully saturated rings. The Morgan fingerprint density at radius 3 is 2.41 bits per heavy atom. The summed E-state index contributed by atoms with van der Waals surface area (Å²) >= 11 is 0. The van der Waals surface area contributed by atoms with Gasteiger partial charge in [-0.25, -0.2) is 0 Å². The topological polar surface area (TPSA) is 78.7 Å². The molecule has 1 aliphatic heterocycles. The molecule has 2 aromatic rings. The normalized spacial score (nSPS) is 16.4. The average Bonchev–Trinajstić information content (AvgIpc) is 2.66. The van der Waals surface area contributed by atoms with Gasteiger partial charge in [0.25, 0.3) is 0 Å². The lowest BCUT2D eigenvalue weighted by Gasteiger charge is -2.34. The molecule has 2 amide bonds. The van der Waals surface area contributed by atoms with Crippen LogP contribution >= 0.6 is 0 Å². The van der Waals surface area contributed by atoms with Crippen LogP contribution in [0, 0.1) is 0 Å². The second-order valence-corrected chi connectivity index (χ2v) is 7.13. The summed E-state index contributed by atoms with van der Waals surface area (Å²) in [5, 5.41) is 2.93. The first-order valence-electron chi connectivity index (χ1n) is 9.07. The molecule has 0 bridgehead atoms. The molecular weight excluding hydrogens is 340 g/mol. The Bertz CT molecular complexity index is 817. The van der Waals surface area contributed by atoms with E-state index in [1.807, 2.05) is 72.4 Å². The number of nitrogens with zero attached hydrogens (tertiary/aromatic N) is 2. The first-order valence-corrected chi connectivity index (χ1v) is 9.07. The molecule has 3 rings (SSSR count). The van der Waals surface area contributed by atoms with Crippen molar-refractivity contribution in [3.63, 3.8) is 0 Å². The van der Waals surface area contributed by atoms with E-state index in [1.165, 1.54) is 0 Å². The van der Waals surface area contributed by atoms with Crippen molar-refractivity contribution in [2.24, 2.45) is 5.73 Å². The van der Waals surface area contributed by atoms with E-state index in [2.05, 4.69) is 5.32 Å². The summed E-state index contributed by atoms with van der Waals surface area (Å²) in [4.78, 5) is 28.2. The van der Waals surface area contributed by atoms with Crippen molar-refractivity contribution in [3.05, 3.63) is 65.2 Å². The van der Waals surface area contributed by atoms with E-state index < -0.39 is 11.9 Å². The smallest absolute Gasteiger partial charge is 0.235 e. The van der Waals surface area contributed by atoms with Crippen LogP contribution in [0.4, 0.5) is 5.69 Å². The van der Waals surface area contributed by atoms with Gasteiger partial charge in [0.05, 0.1) is 12.6 Å². The highest BCUT2D eigenvalue weighted by Gasteiger charge is 2.31. The Morgan fingerprint density at radius 1 is 1.11 bits per heavy atom. The molecule has 142 valence electrons. The molecule has 27 heavy (non-hydrogen) atoms. The lowest BCUT2D eigenvalue weighted by molar-refractivity contribution is -0.127. The number of nitrogens with one attached hydrogen (secondary N) is 1. The third-order valence-electron chi connectivity index (χ3n) is 4.96. The number of carbonyl (C=O) groups excluding carboxylic acids is 2. The summed E-state index contributed by atoms with van der Waals surface area (Å²) in [6, 6.07) is 15.6. The van der Waals surface area contributed by atoms with Crippen LogP contribution in [0.15, 0.2) is 48.5 Å². The summed E-state index contributed by atoms with van der Waals surface area (Å²) in [5.41, 5.74) is 9.99. The van der Waals surface area contributed by atoms with E-state index in [0.29, 0.717) is 19.5 Å². The lowest BCUT2D eigenvalue weighted by Crippen LogP contribution is -2.51. The zero-order valence-corrected chi connectivity index (χ0v) is 15.8. The van der Waals surface area contributed by atoms with Gasteiger partial charge in [-0.3, -0.25) is 14.5 Å². The molecular formula is C21H26N4O2. The number of fused-ring (bicyclic) bond motifs is 1. The van der Waals surface area contributed by atoms with Crippen LogP contribution in [-0.4, -0.2) is 43.4 Å². The summed E-state index contributed by atoms with van der Waals surface area (Å²) in [5.74, 6) is -0.506. The van der Waals surface area contributed by atoms with Gasteiger partial charge < -0.3 is 16.0 Å². The second-order valence-electron chi connectivity index (χ2n) is 7.13. The van der Waals surface area contributed by atoms with Crippen LogP contribution in [0.25, 0.3) is 0 Å². The SMILES string of the molecule is CN(C)c1ccc(CNC(=O)CN2Cc3ccccc3CC2C(N)=O)cc1. The summed E-state index contributed by atoms with van der Waals surface area (Å²) in [7, 11) is 3.98. The fourth-order valence-electron chi connectivity index (χ4n) is 3.38. The summed E-state index contributed by atoms with van der Waals surface area (Å²) in [6.07, 6.45) is 0.546. The maximum Gasteiger partial charge on any atom is 0.235 e. The third-order valence-corrected chi connectivity index (χ3v) is 4.96. The quantitative estimate of drug-likeness (QED) is 0.807. The van der Waals surface area contributed by atoms with Gasteiger partial charge in [-0.2, -0.15) is 0 Å². The first-order chi connectivity index (χ1) is 12.9. The fraction of sp³-hybridized carbons (Fsp3) is 0.333. The molecule has 1 aliphatic rings. The van der Waals surface area contributed by atoms with E-state index in [9.17, 15) is 9.59 Å². The number of primary amides is 1. The molecule has 6 heteroatoms. The monoisotopic (exact) mass is 366 g/mol. The molecule has 3 N–H and O–H groups in total. The van der Waals surface area contributed by atoms with E-state index >= 15 is 0 Å². The molecule has 0 saturated heterocycles. The van der Waals surface area contributed by atoms with Crippen molar-refractivity contribution < 1.29 is 9.59 Å². The van der Waals surface area contributed by atoms with Crippen LogP contribution < -0.4 is 16.0 Å². The van der Waals surface area contributed by atoms with Gasteiger partial charge in [-0.1, -0.05) is 36.4 Å². The predicted molar refractivity (Wildman–Crippen MR) is 106 cm³/mol. The van der Waals surface area contributed by atoms with Crippen molar-refractivity contribution in [1.29, 1.82) is 0 Å². The highest BCUT2D eigenvalue weighted by molar-refractivity contribution is 5.83. The number of hydrogen-bond acceptors (Lipinski definition) is 4. The van der Waals surface area contributed by atoms with E-state index in [1.54, 1.807) is 0 Å². The van der Waals surface area contributed by atoms with Gasteiger partial charge in [0.2, 0.25) is 11.8 Å². The Kier molecular flexibility index (Phi) is 5.76. The zero-order chi connectivity index (χ0) is 19.4. The largest absolute Gasteiger partial charge is 0.378 e. The Labute approximate surface area is 159 Å². The van der Waals surface area contributed by atoms with Gasteiger partial charge in [0.15, 0.2) is 0 Å². The molecule has 1 heterocycles. The second kappa shape index (κ2) is 8.22. The minimum atomic E-state index is -0.454. The minimum Gasteiger partial charge on any atom is -0.378 e. The van der Waals surface area contributed by atoms with Crippen LogP contribution in [0.2, 0.25) is 0 Å². The standard InChI is InChI=1S/C21H26N4O2/c1-24(2)18-9-7-15(8-10-18)12-23-20(26)14-25-13-17-6-4-3-5-16(17)11-19(25)21(22)27/h3-10,19H,11-14H2,1-2H3,(H2,22,27)(H,23,26). The van der Waals surface area contributed by atoms with Crippen LogP contribution in [0.1, 0.15) is 16.7 Å². The van der Waals surface area contributed by atoms with E-state index in [4.69, 9.17) is 5.73 Å². The summed E-state index contributed by atoms with van der Waals surface area (Å²) < 4.78 is 0. The van der Waals surface area contributed by atoms with E-state index in [0.717, 1.165) is 22.4 Å². The van der Waals surface area contributed by atoms with Crippen molar-refractivity contribution in [1.82, 2.24) is 10.2 Å². The predicted octanol–water partition coefficient (Wildman–Crippen LogP) is 1.28. The van der Waals surface area contributed by atoms with Crippen LogP contribution in [0.5, 0.6) is 0 Å². The molecule has 1 unspecified atom stereocenters. The van der Waals surface area contributed by atoms with Crippen LogP contribution in [0.3, 0.4) is 0 Å². The number of amides is 2. The number of hydrogen-bond donors (Lipinski definition) is 2.